The zero-order chi connectivity index (χ0) is 24.1. The number of aromatic nitrogens is 2. The van der Waals surface area contributed by atoms with Crippen LogP contribution in [0.1, 0.15) is 18.9 Å². The number of thiophene rings is 1. The minimum Gasteiger partial charge on any atom is -0.452 e. The molecule has 1 fully saturated rings. The van der Waals surface area contributed by atoms with Gasteiger partial charge in [0.25, 0.3) is 5.91 Å². The molecule has 0 aliphatic carbocycles. The van der Waals surface area contributed by atoms with Gasteiger partial charge in [0, 0.05) is 30.4 Å². The number of carbonyl (C=O) groups is 2. The average Bonchev–Trinajstić information content (AvgIpc) is 3.57. The first-order chi connectivity index (χ1) is 16.4. The first-order valence-corrected chi connectivity index (χ1v) is 13.6. The Hall–Kier alpha value is -3.24. The number of esters is 1. The number of hydrogen-bond donors (Lipinski definition) is 0. The van der Waals surface area contributed by atoms with Gasteiger partial charge in [-0.3, -0.25) is 4.79 Å². The Labute approximate surface area is 202 Å². The second-order valence-electron chi connectivity index (χ2n) is 7.87. The summed E-state index contributed by atoms with van der Waals surface area (Å²) in [6.07, 6.45) is 5.13. The number of benzene rings is 1. The minimum absolute atomic E-state index is 0.0443. The molecule has 34 heavy (non-hydrogen) atoms. The van der Waals surface area contributed by atoms with E-state index in [1.807, 2.05) is 54.0 Å². The highest BCUT2D eigenvalue weighted by atomic mass is 32.2. The van der Waals surface area contributed by atoms with Gasteiger partial charge in [0.05, 0.1) is 22.1 Å². The molecular formula is C24H25N3O5S2. The molecule has 1 amide bonds. The lowest BCUT2D eigenvalue weighted by Gasteiger charge is -2.26. The van der Waals surface area contributed by atoms with E-state index in [4.69, 9.17) is 4.74 Å². The minimum atomic E-state index is -3.12. The maximum Gasteiger partial charge on any atom is 0.331 e. The molecule has 1 aliphatic heterocycles. The lowest BCUT2D eigenvalue weighted by molar-refractivity contribution is -0.149. The number of amides is 1. The molecule has 1 aromatic carbocycles. The molecule has 178 valence electrons. The van der Waals surface area contributed by atoms with E-state index in [0.717, 1.165) is 21.8 Å². The molecule has 1 saturated heterocycles. The van der Waals surface area contributed by atoms with Crippen molar-refractivity contribution in [1.82, 2.24) is 14.7 Å². The van der Waals surface area contributed by atoms with Crippen molar-refractivity contribution in [1.29, 1.82) is 0 Å². The summed E-state index contributed by atoms with van der Waals surface area (Å²) >= 11 is 1.55. The van der Waals surface area contributed by atoms with Crippen LogP contribution >= 0.6 is 11.3 Å². The van der Waals surface area contributed by atoms with Gasteiger partial charge in [0.15, 0.2) is 16.4 Å². The molecule has 4 rings (SSSR count). The van der Waals surface area contributed by atoms with E-state index in [1.54, 1.807) is 29.0 Å². The Morgan fingerprint density at radius 2 is 2.03 bits per heavy atom. The van der Waals surface area contributed by atoms with E-state index >= 15 is 0 Å². The van der Waals surface area contributed by atoms with Gasteiger partial charge in [-0.15, -0.1) is 11.3 Å². The van der Waals surface area contributed by atoms with Gasteiger partial charge >= 0.3 is 5.97 Å². The summed E-state index contributed by atoms with van der Waals surface area (Å²) in [6.45, 7) is 1.70. The molecule has 3 heterocycles. The van der Waals surface area contributed by atoms with E-state index < -0.39 is 28.3 Å². The normalized spacial score (nSPS) is 17.1. The number of carbonyl (C=O) groups excluding carboxylic acids is 2. The average molecular weight is 500 g/mol. The van der Waals surface area contributed by atoms with Gasteiger partial charge in [-0.2, -0.15) is 5.10 Å². The molecule has 10 heteroatoms. The van der Waals surface area contributed by atoms with Crippen LogP contribution in [0, 0.1) is 0 Å². The van der Waals surface area contributed by atoms with Gasteiger partial charge in [-0.05, 0) is 43.0 Å². The molecule has 0 radical (unpaired) electrons. The van der Waals surface area contributed by atoms with Crippen LogP contribution < -0.4 is 0 Å². The number of nitrogens with zero attached hydrogens (tertiary/aromatic N) is 3. The van der Waals surface area contributed by atoms with Crippen molar-refractivity contribution in [3.8, 4) is 16.3 Å². The van der Waals surface area contributed by atoms with Gasteiger partial charge in [-0.1, -0.05) is 24.3 Å². The van der Waals surface area contributed by atoms with Crippen LogP contribution in [0.25, 0.3) is 22.3 Å². The Kier molecular flexibility index (Phi) is 7.28. The fourth-order valence-corrected chi connectivity index (χ4v) is 6.37. The molecule has 0 N–H and O–H groups in total. The zero-order valence-electron chi connectivity index (χ0n) is 18.7. The molecule has 1 atom stereocenters. The van der Waals surface area contributed by atoms with Crippen LogP contribution in [0.15, 0.2) is 60.1 Å². The number of ether oxygens (including phenoxy) is 1. The third-order valence-electron chi connectivity index (χ3n) is 5.56. The van der Waals surface area contributed by atoms with Gasteiger partial charge in [0.2, 0.25) is 0 Å². The van der Waals surface area contributed by atoms with Gasteiger partial charge < -0.3 is 9.64 Å². The van der Waals surface area contributed by atoms with Crippen LogP contribution in [0.5, 0.6) is 0 Å². The first kappa shape index (κ1) is 23.9. The fourth-order valence-electron chi connectivity index (χ4n) is 3.91. The quantitative estimate of drug-likeness (QED) is 0.349. The Morgan fingerprint density at radius 1 is 1.24 bits per heavy atom. The zero-order valence-corrected chi connectivity index (χ0v) is 20.3. The van der Waals surface area contributed by atoms with Crippen molar-refractivity contribution >= 4 is 39.1 Å². The molecule has 8 nitrogen and oxygen atoms in total. The third kappa shape index (κ3) is 5.63. The van der Waals surface area contributed by atoms with E-state index in [0.29, 0.717) is 13.0 Å². The molecule has 0 spiro atoms. The van der Waals surface area contributed by atoms with Crippen molar-refractivity contribution in [3.05, 3.63) is 65.7 Å². The molecular weight excluding hydrogens is 474 g/mol. The molecule has 0 unspecified atom stereocenters. The summed E-state index contributed by atoms with van der Waals surface area (Å²) in [4.78, 5) is 27.3. The summed E-state index contributed by atoms with van der Waals surface area (Å²) < 4.78 is 30.4. The summed E-state index contributed by atoms with van der Waals surface area (Å²) in [5.74, 6) is -1.03. The van der Waals surface area contributed by atoms with Crippen molar-refractivity contribution in [3.63, 3.8) is 0 Å². The van der Waals surface area contributed by atoms with Crippen LogP contribution in [0.4, 0.5) is 0 Å². The lowest BCUT2D eigenvalue weighted by atomic mass is 10.2. The SMILES string of the molecule is CCN(C(=O)COC(=O)/C=C/c1cn(-c2ccccc2)nc1-c1cccs1)[C@H]1CCS(=O)(=O)C1. The molecule has 0 saturated carbocycles. The number of hydrogen-bond acceptors (Lipinski definition) is 7. The topological polar surface area (TPSA) is 98.6 Å². The number of para-hydroxylation sites is 1. The highest BCUT2D eigenvalue weighted by molar-refractivity contribution is 7.91. The summed E-state index contributed by atoms with van der Waals surface area (Å²) in [7, 11) is -3.12. The van der Waals surface area contributed by atoms with E-state index in [1.165, 1.54) is 11.0 Å². The van der Waals surface area contributed by atoms with E-state index in [-0.39, 0.29) is 17.5 Å². The maximum absolute atomic E-state index is 12.5. The standard InChI is InChI=1S/C24H25N3O5S2/c1-2-26(20-12-14-34(30,31)17-20)22(28)16-32-23(29)11-10-18-15-27(19-7-4-3-5-8-19)25-24(18)21-9-6-13-33-21/h3-11,13,15,20H,2,12,14,16-17H2,1H3/b11-10+/t20-/m0/s1. The van der Waals surface area contributed by atoms with Crippen molar-refractivity contribution < 1.29 is 22.7 Å². The second kappa shape index (κ2) is 10.4. The number of rotatable bonds is 8. The predicted molar refractivity (Wildman–Crippen MR) is 131 cm³/mol. The second-order valence-corrected chi connectivity index (χ2v) is 11.0. The Balaban J connectivity index is 1.43. The fraction of sp³-hybridized carbons (Fsp3) is 0.292. The van der Waals surface area contributed by atoms with Crippen LogP contribution in [0.3, 0.4) is 0 Å². The van der Waals surface area contributed by atoms with Crippen LogP contribution in [-0.4, -0.2) is 65.7 Å². The lowest BCUT2D eigenvalue weighted by Crippen LogP contribution is -2.43. The van der Waals surface area contributed by atoms with Gasteiger partial charge in [-0.25, -0.2) is 17.9 Å². The van der Waals surface area contributed by atoms with Crippen molar-refractivity contribution in [2.45, 2.75) is 19.4 Å². The van der Waals surface area contributed by atoms with Crippen LogP contribution in [-0.2, 0) is 24.2 Å². The Bertz CT molecular complexity index is 1280. The van der Waals surface area contributed by atoms with Gasteiger partial charge in [0.1, 0.15) is 5.69 Å². The highest BCUT2D eigenvalue weighted by Crippen LogP contribution is 2.28. The monoisotopic (exact) mass is 499 g/mol. The summed E-state index contributed by atoms with van der Waals surface area (Å²) in [6, 6.07) is 13.2. The maximum atomic E-state index is 12.5. The first-order valence-electron chi connectivity index (χ1n) is 10.9. The largest absolute Gasteiger partial charge is 0.452 e. The molecule has 1 aliphatic rings. The molecule has 0 bridgehead atoms. The van der Waals surface area contributed by atoms with Crippen molar-refractivity contribution in [2.75, 3.05) is 24.7 Å². The van der Waals surface area contributed by atoms with E-state index in [9.17, 15) is 18.0 Å². The van der Waals surface area contributed by atoms with Crippen molar-refractivity contribution in [2.24, 2.45) is 0 Å². The summed E-state index contributed by atoms with van der Waals surface area (Å²) in [5, 5.41) is 6.64. The van der Waals surface area contributed by atoms with Crippen LogP contribution in [0.2, 0.25) is 0 Å². The number of sulfone groups is 1. The van der Waals surface area contributed by atoms with E-state index in [2.05, 4.69) is 5.10 Å². The molecule has 2 aromatic heterocycles. The molecule has 3 aromatic rings. The summed E-state index contributed by atoms with van der Waals surface area (Å²) in [5.41, 5.74) is 2.36. The third-order valence-corrected chi connectivity index (χ3v) is 8.19. The smallest absolute Gasteiger partial charge is 0.331 e. The Morgan fingerprint density at radius 3 is 2.68 bits per heavy atom. The highest BCUT2D eigenvalue weighted by Gasteiger charge is 2.34. The predicted octanol–water partition coefficient (Wildman–Crippen LogP) is 3.19. The number of likely N-dealkylation sites (N-methyl/N-ethyl adjacent to an activating group) is 1.